The van der Waals surface area contributed by atoms with E-state index in [1.807, 2.05) is 11.0 Å². The number of aliphatic hydroxyl groups excluding tert-OH is 1. The second-order valence-electron chi connectivity index (χ2n) is 16.4. The summed E-state index contributed by atoms with van der Waals surface area (Å²) in [6, 6.07) is 68.7. The number of ether oxygens (including phenoxy) is 2. The Labute approximate surface area is 381 Å². The summed E-state index contributed by atoms with van der Waals surface area (Å²) in [4.78, 5) is 14.2. The SMILES string of the molecule is O=C1O[C@H](CCO)C(c2ccc(Cl)c(Cl)c2)N1CC1CCCCC1.c1ccc(C(OC(c2ccccc2)(c2ccccc2)c2ccccc2)(c2ccccc2)c2ccccc2)cc1. The number of amides is 1. The topological polar surface area (TPSA) is 59.0 Å². The largest absolute Gasteiger partial charge is 0.443 e. The number of nitrogens with zero attached hydrogens (tertiary/aromatic N) is 1. The average molecular weight is 875 g/mol. The Balaban J connectivity index is 0.000000194. The number of hydrogen-bond donors (Lipinski definition) is 1. The van der Waals surface area contributed by atoms with Gasteiger partial charge in [-0.15, -0.1) is 0 Å². The van der Waals surface area contributed by atoms with Gasteiger partial charge in [0.2, 0.25) is 0 Å². The van der Waals surface area contributed by atoms with Crippen LogP contribution in [0, 0.1) is 5.92 Å². The lowest BCUT2D eigenvalue weighted by atomic mass is 9.75. The first-order chi connectivity index (χ1) is 30.9. The van der Waals surface area contributed by atoms with Crippen molar-refractivity contribution in [2.75, 3.05) is 13.2 Å². The van der Waals surface area contributed by atoms with Crippen molar-refractivity contribution >= 4 is 29.3 Å². The number of hydrogen-bond acceptors (Lipinski definition) is 4. The van der Waals surface area contributed by atoms with Gasteiger partial charge in [-0.25, -0.2) is 4.79 Å². The van der Waals surface area contributed by atoms with Gasteiger partial charge in [-0.1, -0.05) is 231 Å². The molecule has 0 bridgehead atoms. The zero-order valence-electron chi connectivity index (χ0n) is 35.3. The zero-order chi connectivity index (χ0) is 43.5. The summed E-state index contributed by atoms with van der Waals surface area (Å²) < 4.78 is 13.5. The van der Waals surface area contributed by atoms with Gasteiger partial charge >= 0.3 is 6.09 Å². The number of rotatable bonds is 13. The van der Waals surface area contributed by atoms with Gasteiger partial charge < -0.3 is 14.6 Å². The number of cyclic esters (lactones) is 1. The van der Waals surface area contributed by atoms with Crippen molar-refractivity contribution in [3.05, 3.63) is 249 Å². The lowest BCUT2D eigenvalue weighted by Crippen LogP contribution is -2.44. The molecule has 1 heterocycles. The first-order valence-electron chi connectivity index (χ1n) is 22.0. The number of carbonyl (C=O) groups excluding carboxylic acids is 1. The molecular weight excluding hydrogens is 822 g/mol. The van der Waals surface area contributed by atoms with Gasteiger partial charge in [-0.2, -0.15) is 0 Å². The van der Waals surface area contributed by atoms with E-state index in [0.717, 1.165) is 51.8 Å². The second kappa shape index (κ2) is 20.7. The molecule has 7 aromatic carbocycles. The Morgan fingerprint density at radius 3 is 1.27 bits per heavy atom. The van der Waals surface area contributed by atoms with Crippen molar-refractivity contribution in [2.45, 2.75) is 61.9 Å². The second-order valence-corrected chi connectivity index (χ2v) is 17.2. The average Bonchev–Trinajstić information content (AvgIpc) is 3.65. The molecule has 1 aliphatic carbocycles. The molecule has 5 nitrogen and oxygen atoms in total. The highest BCUT2D eigenvalue weighted by Gasteiger charge is 2.49. The van der Waals surface area contributed by atoms with Crippen molar-refractivity contribution < 1.29 is 19.4 Å². The molecule has 1 amide bonds. The minimum atomic E-state index is -0.925. The number of benzene rings is 7. The standard InChI is InChI=1S/C38H30O.C18H23Cl2NO3/c1-7-19-31(20-8-1)37(32-21-9-2-10-22-32,33-23-11-3-12-24-33)39-38(34-25-13-4-14-26-34,35-27-15-5-16-28-35)36-29-17-6-18-30-36;19-14-7-6-13(10-15(14)20)17-16(8-9-22)24-18(23)21(17)11-12-4-2-1-3-5-12/h1-30H;6-7,10,12,16-17,22H,1-5,8-9,11H2/t;16-,17?/m.1/s1. The Bertz CT molecular complexity index is 2170. The fraction of sp³-hybridized carbons (Fsp3) is 0.232. The highest BCUT2D eigenvalue weighted by Crippen LogP contribution is 2.51. The minimum Gasteiger partial charge on any atom is -0.443 e. The summed E-state index contributed by atoms with van der Waals surface area (Å²) in [6.45, 7) is 0.679. The zero-order valence-corrected chi connectivity index (χ0v) is 36.8. The summed E-state index contributed by atoms with van der Waals surface area (Å²) in [5.41, 5.74) is 5.44. The van der Waals surface area contributed by atoms with Crippen LogP contribution in [0.3, 0.4) is 0 Å². The summed E-state index contributed by atoms with van der Waals surface area (Å²) in [7, 11) is 0. The summed E-state index contributed by atoms with van der Waals surface area (Å²) in [5, 5.41) is 10.3. The van der Waals surface area contributed by atoms with Crippen molar-refractivity contribution in [3.63, 3.8) is 0 Å². The van der Waals surface area contributed by atoms with Crippen LogP contribution in [-0.2, 0) is 20.7 Å². The van der Waals surface area contributed by atoms with Crippen LogP contribution in [0.25, 0.3) is 0 Å². The fourth-order valence-corrected chi connectivity index (χ4v) is 9.77. The Kier molecular flexibility index (Phi) is 14.4. The number of aliphatic hydroxyl groups is 1. The molecule has 320 valence electrons. The predicted molar refractivity (Wildman–Crippen MR) is 254 cm³/mol. The Morgan fingerprint density at radius 2 is 0.921 bits per heavy atom. The van der Waals surface area contributed by atoms with E-state index in [9.17, 15) is 9.90 Å². The molecule has 0 radical (unpaired) electrons. The van der Waals surface area contributed by atoms with E-state index >= 15 is 0 Å². The van der Waals surface area contributed by atoms with E-state index in [1.165, 1.54) is 19.3 Å². The lowest BCUT2D eigenvalue weighted by Gasteiger charge is -2.46. The molecule has 0 aromatic heterocycles. The van der Waals surface area contributed by atoms with Gasteiger partial charge in [-0.3, -0.25) is 4.90 Å². The molecule has 2 aliphatic rings. The molecule has 1 N–H and O–H groups in total. The van der Waals surface area contributed by atoms with E-state index in [-0.39, 0.29) is 24.8 Å². The van der Waals surface area contributed by atoms with Crippen molar-refractivity contribution in [1.29, 1.82) is 0 Å². The maximum absolute atomic E-state index is 12.4. The molecule has 0 spiro atoms. The third-order valence-electron chi connectivity index (χ3n) is 12.4. The third kappa shape index (κ3) is 9.49. The molecule has 7 heteroatoms. The maximum atomic E-state index is 12.4. The monoisotopic (exact) mass is 873 g/mol. The molecule has 1 saturated carbocycles. The van der Waals surface area contributed by atoms with Gasteiger partial charge in [0.05, 0.1) is 16.1 Å². The summed E-state index contributed by atoms with van der Waals surface area (Å²) in [6.07, 6.45) is 5.81. The quantitative estimate of drug-likeness (QED) is 0.117. The van der Waals surface area contributed by atoms with Crippen LogP contribution in [-0.4, -0.2) is 35.4 Å². The molecular formula is C56H53Cl2NO4. The van der Waals surface area contributed by atoms with Crippen LogP contribution in [0.2, 0.25) is 10.0 Å². The number of carbonyl (C=O) groups is 1. The minimum absolute atomic E-state index is 0.0208. The molecule has 63 heavy (non-hydrogen) atoms. The fourth-order valence-electron chi connectivity index (χ4n) is 9.47. The molecule has 9 rings (SSSR count). The summed E-state index contributed by atoms with van der Waals surface area (Å²) in [5.74, 6) is 0.518. The van der Waals surface area contributed by atoms with E-state index in [4.69, 9.17) is 32.7 Å². The molecule has 2 atom stereocenters. The third-order valence-corrected chi connectivity index (χ3v) is 13.2. The molecule has 1 aliphatic heterocycles. The smallest absolute Gasteiger partial charge is 0.410 e. The summed E-state index contributed by atoms with van der Waals surface area (Å²) >= 11 is 12.2. The Hall–Kier alpha value is -5.69. The Morgan fingerprint density at radius 1 is 0.540 bits per heavy atom. The lowest BCUT2D eigenvalue weighted by molar-refractivity contribution is -0.0810. The van der Waals surface area contributed by atoms with Crippen LogP contribution in [0.15, 0.2) is 200 Å². The molecule has 7 aromatic rings. The first kappa shape index (κ1) is 43.9. The van der Waals surface area contributed by atoms with E-state index in [1.54, 1.807) is 12.1 Å². The van der Waals surface area contributed by atoms with Crippen LogP contribution >= 0.6 is 23.2 Å². The molecule has 2 fully saturated rings. The van der Waals surface area contributed by atoms with Crippen LogP contribution in [0.4, 0.5) is 4.79 Å². The van der Waals surface area contributed by atoms with Gasteiger partial charge in [0, 0.05) is 19.6 Å². The van der Waals surface area contributed by atoms with E-state index in [2.05, 4.69) is 182 Å². The highest BCUT2D eigenvalue weighted by atomic mass is 35.5. The van der Waals surface area contributed by atoms with Crippen molar-refractivity contribution in [2.24, 2.45) is 5.92 Å². The van der Waals surface area contributed by atoms with Gasteiger partial charge in [0.15, 0.2) is 0 Å². The van der Waals surface area contributed by atoms with Crippen LogP contribution in [0.5, 0.6) is 0 Å². The normalized spacial score (nSPS) is 16.8. The maximum Gasteiger partial charge on any atom is 0.410 e. The predicted octanol–water partition coefficient (Wildman–Crippen LogP) is 13.8. The first-order valence-corrected chi connectivity index (χ1v) is 22.8. The van der Waals surface area contributed by atoms with Crippen molar-refractivity contribution in [3.8, 4) is 0 Å². The van der Waals surface area contributed by atoms with Crippen LogP contribution in [0.1, 0.15) is 83.5 Å². The van der Waals surface area contributed by atoms with Gasteiger partial charge in [0.1, 0.15) is 17.3 Å². The van der Waals surface area contributed by atoms with E-state index < -0.39 is 11.2 Å². The van der Waals surface area contributed by atoms with Gasteiger partial charge in [-0.05, 0) is 69.8 Å². The van der Waals surface area contributed by atoms with Gasteiger partial charge in [0.25, 0.3) is 0 Å². The number of halogens is 2. The van der Waals surface area contributed by atoms with Crippen LogP contribution < -0.4 is 0 Å². The van der Waals surface area contributed by atoms with Crippen molar-refractivity contribution in [1.82, 2.24) is 4.90 Å². The molecule has 1 saturated heterocycles. The molecule has 1 unspecified atom stereocenters. The van der Waals surface area contributed by atoms with E-state index in [0.29, 0.717) is 28.9 Å². The highest BCUT2D eigenvalue weighted by molar-refractivity contribution is 6.42.